The van der Waals surface area contributed by atoms with E-state index in [-0.39, 0.29) is 24.8 Å². The summed E-state index contributed by atoms with van der Waals surface area (Å²) in [7, 11) is 3.09. The normalized spacial score (nSPS) is 13.7. The van der Waals surface area contributed by atoms with Crippen LogP contribution in [0.4, 0.5) is 10.6 Å². The van der Waals surface area contributed by atoms with Gasteiger partial charge in [-0.05, 0) is 29.8 Å². The highest BCUT2D eigenvalue weighted by atomic mass is 35.5. The molecule has 154 valence electrons. The number of piperazine rings is 1. The maximum atomic E-state index is 11.5. The third-order valence-corrected chi connectivity index (χ3v) is 4.39. The number of nitrogens with one attached hydrogen (secondary N) is 1. The van der Waals surface area contributed by atoms with Crippen molar-refractivity contribution in [2.24, 2.45) is 0 Å². The standard InChI is InChI=1S/C19H24N4O3.2ClH/c1-20-19(24)26-17-13-15(6-7-16(17)25-2)14-22-9-11-23(12-10-22)18-5-3-4-8-21-18;;/h3-8,13H,9-12,14H2,1-2H3,(H,20,24);2*1H. The molecule has 0 aliphatic carbocycles. The minimum Gasteiger partial charge on any atom is -0.493 e. The van der Waals surface area contributed by atoms with E-state index in [9.17, 15) is 4.79 Å². The van der Waals surface area contributed by atoms with Crippen LogP contribution >= 0.6 is 24.8 Å². The van der Waals surface area contributed by atoms with E-state index < -0.39 is 6.09 Å². The molecule has 1 aromatic heterocycles. The Morgan fingerprint density at radius 2 is 1.86 bits per heavy atom. The van der Waals surface area contributed by atoms with Crippen molar-refractivity contribution >= 4 is 36.7 Å². The Morgan fingerprint density at radius 3 is 2.46 bits per heavy atom. The molecule has 0 radical (unpaired) electrons. The third kappa shape index (κ3) is 6.15. The van der Waals surface area contributed by atoms with Crippen molar-refractivity contribution in [2.45, 2.75) is 6.54 Å². The summed E-state index contributed by atoms with van der Waals surface area (Å²) in [6.45, 7) is 4.58. The van der Waals surface area contributed by atoms with Crippen LogP contribution in [0.3, 0.4) is 0 Å². The molecule has 7 nitrogen and oxygen atoms in total. The number of benzene rings is 1. The zero-order valence-corrected chi connectivity index (χ0v) is 17.6. The predicted octanol–water partition coefficient (Wildman–Crippen LogP) is 2.97. The van der Waals surface area contributed by atoms with Gasteiger partial charge in [0.1, 0.15) is 5.82 Å². The summed E-state index contributed by atoms with van der Waals surface area (Å²) in [5.74, 6) is 1.99. The minimum atomic E-state index is -0.510. The number of aromatic nitrogens is 1. The number of methoxy groups -OCH3 is 1. The number of carbonyl (C=O) groups excluding carboxylic acids is 1. The summed E-state index contributed by atoms with van der Waals surface area (Å²) in [4.78, 5) is 20.6. The number of hydrogen-bond donors (Lipinski definition) is 1. The lowest BCUT2D eigenvalue weighted by molar-refractivity contribution is 0.200. The maximum absolute atomic E-state index is 11.5. The predicted molar refractivity (Wildman–Crippen MR) is 114 cm³/mol. The second-order valence-electron chi connectivity index (χ2n) is 6.08. The van der Waals surface area contributed by atoms with Crippen LogP contribution in [0.1, 0.15) is 5.56 Å². The number of ether oxygens (including phenoxy) is 2. The van der Waals surface area contributed by atoms with E-state index in [1.807, 2.05) is 42.6 Å². The van der Waals surface area contributed by atoms with Gasteiger partial charge in [-0.3, -0.25) is 4.90 Å². The molecular weight excluding hydrogens is 403 g/mol. The number of hydrogen-bond acceptors (Lipinski definition) is 6. The summed E-state index contributed by atoms with van der Waals surface area (Å²) in [5, 5.41) is 2.45. The van der Waals surface area contributed by atoms with E-state index in [2.05, 4.69) is 20.1 Å². The molecule has 1 aliphatic rings. The molecule has 3 rings (SSSR count). The van der Waals surface area contributed by atoms with Gasteiger partial charge in [-0.25, -0.2) is 9.78 Å². The van der Waals surface area contributed by atoms with Gasteiger partial charge >= 0.3 is 6.09 Å². The molecule has 0 saturated carbocycles. The van der Waals surface area contributed by atoms with E-state index in [1.54, 1.807) is 7.11 Å². The van der Waals surface area contributed by atoms with Gasteiger partial charge in [0.2, 0.25) is 0 Å². The lowest BCUT2D eigenvalue weighted by atomic mass is 10.1. The quantitative estimate of drug-likeness (QED) is 0.789. The average Bonchev–Trinajstić information content (AvgIpc) is 2.69. The van der Waals surface area contributed by atoms with E-state index in [0.717, 1.165) is 44.1 Å². The van der Waals surface area contributed by atoms with Crippen LogP contribution in [-0.4, -0.2) is 56.3 Å². The SMILES string of the molecule is CNC(=O)Oc1cc(CN2CCN(c3ccccn3)CC2)ccc1OC.Cl.Cl. The van der Waals surface area contributed by atoms with E-state index in [1.165, 1.54) is 7.05 Å². The zero-order chi connectivity index (χ0) is 18.4. The Hall–Kier alpha value is -2.22. The van der Waals surface area contributed by atoms with Crippen molar-refractivity contribution in [1.29, 1.82) is 0 Å². The van der Waals surface area contributed by atoms with Gasteiger partial charge < -0.3 is 19.7 Å². The molecule has 0 bridgehead atoms. The van der Waals surface area contributed by atoms with E-state index >= 15 is 0 Å². The second kappa shape index (κ2) is 11.6. The van der Waals surface area contributed by atoms with Gasteiger partial charge in [0, 0.05) is 46.0 Å². The van der Waals surface area contributed by atoms with Gasteiger partial charge in [0.15, 0.2) is 11.5 Å². The molecule has 1 amide bonds. The molecule has 2 heterocycles. The molecular formula is C19H26Cl2N4O3. The first-order valence-corrected chi connectivity index (χ1v) is 8.64. The van der Waals surface area contributed by atoms with Crippen LogP contribution in [0.5, 0.6) is 11.5 Å². The first-order chi connectivity index (χ1) is 12.7. The van der Waals surface area contributed by atoms with Gasteiger partial charge in [0.05, 0.1) is 7.11 Å². The number of halogens is 2. The topological polar surface area (TPSA) is 66.9 Å². The molecule has 2 aromatic rings. The van der Waals surface area contributed by atoms with Crippen LogP contribution < -0.4 is 19.7 Å². The fourth-order valence-corrected chi connectivity index (χ4v) is 2.98. The highest BCUT2D eigenvalue weighted by molar-refractivity contribution is 5.85. The Bertz CT molecular complexity index is 741. The van der Waals surface area contributed by atoms with Gasteiger partial charge in [-0.1, -0.05) is 12.1 Å². The number of pyridine rings is 1. The van der Waals surface area contributed by atoms with Crippen LogP contribution in [-0.2, 0) is 6.54 Å². The molecule has 0 atom stereocenters. The lowest BCUT2D eigenvalue weighted by Gasteiger charge is -2.35. The summed E-state index contributed by atoms with van der Waals surface area (Å²) < 4.78 is 10.5. The van der Waals surface area contributed by atoms with Gasteiger partial charge in [0.25, 0.3) is 0 Å². The van der Waals surface area contributed by atoms with Crippen LogP contribution in [0.15, 0.2) is 42.6 Å². The van der Waals surface area contributed by atoms with E-state index in [0.29, 0.717) is 11.5 Å². The lowest BCUT2D eigenvalue weighted by Crippen LogP contribution is -2.46. The second-order valence-corrected chi connectivity index (χ2v) is 6.08. The van der Waals surface area contributed by atoms with Gasteiger partial charge in [-0.2, -0.15) is 0 Å². The van der Waals surface area contributed by atoms with Crippen molar-refractivity contribution < 1.29 is 14.3 Å². The fraction of sp³-hybridized carbons (Fsp3) is 0.368. The fourth-order valence-electron chi connectivity index (χ4n) is 2.98. The number of rotatable bonds is 5. The molecule has 1 N–H and O–H groups in total. The first kappa shape index (κ1) is 23.8. The Labute approximate surface area is 177 Å². The van der Waals surface area contributed by atoms with Crippen LogP contribution in [0.25, 0.3) is 0 Å². The Balaban J connectivity index is 0.00000196. The summed E-state index contributed by atoms with van der Waals surface area (Å²) in [5.41, 5.74) is 1.08. The number of amides is 1. The highest BCUT2D eigenvalue weighted by Crippen LogP contribution is 2.29. The number of carbonyl (C=O) groups is 1. The molecule has 0 spiro atoms. The van der Waals surface area contributed by atoms with Crippen LogP contribution in [0, 0.1) is 0 Å². The molecule has 1 aliphatic heterocycles. The maximum Gasteiger partial charge on any atom is 0.412 e. The van der Waals surface area contributed by atoms with Crippen molar-refractivity contribution in [3.8, 4) is 11.5 Å². The molecule has 9 heteroatoms. The molecule has 1 saturated heterocycles. The third-order valence-electron chi connectivity index (χ3n) is 4.39. The van der Waals surface area contributed by atoms with Crippen LogP contribution in [0.2, 0.25) is 0 Å². The van der Waals surface area contributed by atoms with Gasteiger partial charge in [-0.15, -0.1) is 24.8 Å². The van der Waals surface area contributed by atoms with Crippen molar-refractivity contribution in [3.05, 3.63) is 48.2 Å². The van der Waals surface area contributed by atoms with E-state index in [4.69, 9.17) is 9.47 Å². The summed E-state index contributed by atoms with van der Waals surface area (Å²) in [6, 6.07) is 11.7. The Morgan fingerprint density at radius 1 is 1.11 bits per heavy atom. The molecule has 1 fully saturated rings. The summed E-state index contributed by atoms with van der Waals surface area (Å²) >= 11 is 0. The minimum absolute atomic E-state index is 0. The molecule has 0 unspecified atom stereocenters. The zero-order valence-electron chi connectivity index (χ0n) is 16.0. The monoisotopic (exact) mass is 428 g/mol. The van der Waals surface area contributed by atoms with Crippen molar-refractivity contribution in [3.63, 3.8) is 0 Å². The molecule has 1 aromatic carbocycles. The van der Waals surface area contributed by atoms with Crippen molar-refractivity contribution in [1.82, 2.24) is 15.2 Å². The largest absolute Gasteiger partial charge is 0.493 e. The molecule has 28 heavy (non-hydrogen) atoms. The number of anilines is 1. The first-order valence-electron chi connectivity index (χ1n) is 8.64. The van der Waals surface area contributed by atoms with Crippen molar-refractivity contribution in [2.75, 3.05) is 45.2 Å². The summed E-state index contributed by atoms with van der Waals surface area (Å²) in [6.07, 6.45) is 1.32. The average molecular weight is 429 g/mol. The highest BCUT2D eigenvalue weighted by Gasteiger charge is 2.19. The smallest absolute Gasteiger partial charge is 0.412 e. The number of nitrogens with zero attached hydrogens (tertiary/aromatic N) is 3. The Kier molecular flexibility index (Phi) is 9.85.